The third-order valence-electron chi connectivity index (χ3n) is 3.82. The van der Waals surface area contributed by atoms with E-state index in [1.165, 1.54) is 0 Å². The lowest BCUT2D eigenvalue weighted by Crippen LogP contribution is -2.37. The van der Waals surface area contributed by atoms with Gasteiger partial charge >= 0.3 is 6.18 Å². The molecule has 27 heavy (non-hydrogen) atoms. The van der Waals surface area contributed by atoms with Crippen LogP contribution in [0.3, 0.4) is 0 Å². The first-order valence-electron chi connectivity index (χ1n) is 8.65. The second-order valence-corrected chi connectivity index (χ2v) is 6.05. The van der Waals surface area contributed by atoms with Crippen LogP contribution in [0.1, 0.15) is 30.0 Å². The Morgan fingerprint density at radius 2 is 2.04 bits per heavy atom. The van der Waals surface area contributed by atoms with E-state index in [2.05, 4.69) is 20.7 Å². The summed E-state index contributed by atoms with van der Waals surface area (Å²) in [5.74, 6) is -0.503. The van der Waals surface area contributed by atoms with Gasteiger partial charge in [0.1, 0.15) is 5.82 Å². The van der Waals surface area contributed by atoms with Crippen LogP contribution in [0.4, 0.5) is 17.6 Å². The van der Waals surface area contributed by atoms with Crippen molar-refractivity contribution < 1.29 is 17.6 Å². The van der Waals surface area contributed by atoms with Gasteiger partial charge in [-0.2, -0.15) is 18.3 Å². The Bertz CT molecular complexity index is 767. The second-order valence-electron chi connectivity index (χ2n) is 6.05. The molecule has 0 amide bonds. The Hall–Kier alpha value is -2.58. The SMILES string of the molecule is CCNC(=NCc1ccc(F)cc1C(F)(F)F)NCCCc1cnn(C)c1. The zero-order valence-corrected chi connectivity index (χ0v) is 15.3. The molecule has 1 aromatic heterocycles. The summed E-state index contributed by atoms with van der Waals surface area (Å²) < 4.78 is 54.1. The number of hydrogen-bond donors (Lipinski definition) is 2. The lowest BCUT2D eigenvalue weighted by atomic mass is 10.1. The molecule has 2 aromatic rings. The van der Waals surface area contributed by atoms with E-state index in [1.54, 1.807) is 10.9 Å². The number of rotatable bonds is 7. The zero-order valence-electron chi connectivity index (χ0n) is 15.3. The van der Waals surface area contributed by atoms with E-state index in [1.807, 2.05) is 20.2 Å². The minimum Gasteiger partial charge on any atom is -0.357 e. The van der Waals surface area contributed by atoms with Gasteiger partial charge in [0.25, 0.3) is 0 Å². The molecule has 0 aliphatic carbocycles. The average Bonchev–Trinajstić information content (AvgIpc) is 3.01. The highest BCUT2D eigenvalue weighted by atomic mass is 19.4. The third kappa shape index (κ3) is 6.58. The van der Waals surface area contributed by atoms with Crippen molar-refractivity contribution in [2.75, 3.05) is 13.1 Å². The van der Waals surface area contributed by atoms with Crippen LogP contribution < -0.4 is 10.6 Å². The van der Waals surface area contributed by atoms with E-state index >= 15 is 0 Å². The molecule has 148 valence electrons. The number of benzene rings is 1. The highest BCUT2D eigenvalue weighted by Crippen LogP contribution is 2.32. The number of nitrogens with one attached hydrogen (secondary N) is 2. The van der Waals surface area contributed by atoms with Crippen molar-refractivity contribution in [2.24, 2.45) is 12.0 Å². The Morgan fingerprint density at radius 3 is 2.67 bits per heavy atom. The fourth-order valence-corrected chi connectivity index (χ4v) is 2.56. The minimum absolute atomic E-state index is 0.0727. The maximum atomic E-state index is 13.2. The lowest BCUT2D eigenvalue weighted by Gasteiger charge is -2.14. The van der Waals surface area contributed by atoms with Gasteiger partial charge in [-0.3, -0.25) is 4.68 Å². The first-order valence-corrected chi connectivity index (χ1v) is 8.65. The van der Waals surface area contributed by atoms with E-state index in [9.17, 15) is 17.6 Å². The molecule has 2 N–H and O–H groups in total. The van der Waals surface area contributed by atoms with Crippen LogP contribution in [0.15, 0.2) is 35.6 Å². The van der Waals surface area contributed by atoms with Crippen molar-refractivity contribution in [1.82, 2.24) is 20.4 Å². The van der Waals surface area contributed by atoms with Crippen molar-refractivity contribution in [3.05, 3.63) is 53.1 Å². The summed E-state index contributed by atoms with van der Waals surface area (Å²) in [5.41, 5.74) is 0.0394. The van der Waals surface area contributed by atoms with Gasteiger partial charge < -0.3 is 10.6 Å². The zero-order chi connectivity index (χ0) is 19.9. The number of guanidine groups is 1. The van der Waals surface area contributed by atoms with Gasteiger partial charge in [0.15, 0.2) is 5.96 Å². The Labute approximate surface area is 155 Å². The Kier molecular flexibility index (Phi) is 7.20. The molecule has 0 aliphatic rings. The fraction of sp³-hybridized carbons (Fsp3) is 0.444. The summed E-state index contributed by atoms with van der Waals surface area (Å²) in [6.45, 7) is 2.85. The molecule has 0 atom stereocenters. The van der Waals surface area contributed by atoms with E-state index < -0.39 is 17.6 Å². The first-order chi connectivity index (χ1) is 12.8. The van der Waals surface area contributed by atoms with Gasteiger partial charge in [-0.05, 0) is 43.0 Å². The van der Waals surface area contributed by atoms with Crippen LogP contribution >= 0.6 is 0 Å². The van der Waals surface area contributed by atoms with Gasteiger partial charge in [-0.15, -0.1) is 0 Å². The van der Waals surface area contributed by atoms with E-state index in [0.717, 1.165) is 30.5 Å². The van der Waals surface area contributed by atoms with E-state index in [4.69, 9.17) is 0 Å². The number of aliphatic imine (C=N–C) groups is 1. The smallest absolute Gasteiger partial charge is 0.357 e. The molecule has 1 aromatic carbocycles. The molecule has 0 unspecified atom stereocenters. The molecule has 0 aliphatic heterocycles. The molecule has 2 rings (SSSR count). The summed E-state index contributed by atoms with van der Waals surface area (Å²) >= 11 is 0. The predicted molar refractivity (Wildman–Crippen MR) is 95.7 cm³/mol. The predicted octanol–water partition coefficient (Wildman–Crippen LogP) is 3.27. The molecule has 9 heteroatoms. The monoisotopic (exact) mass is 385 g/mol. The number of nitrogens with zero attached hydrogens (tertiary/aromatic N) is 3. The number of halogens is 4. The molecule has 1 heterocycles. The summed E-state index contributed by atoms with van der Waals surface area (Å²) in [7, 11) is 1.85. The topological polar surface area (TPSA) is 54.2 Å². The summed E-state index contributed by atoms with van der Waals surface area (Å²) in [4.78, 5) is 4.19. The van der Waals surface area contributed by atoms with Gasteiger partial charge in [0, 0.05) is 26.3 Å². The van der Waals surface area contributed by atoms with Crippen LogP contribution in [0.25, 0.3) is 0 Å². The molecule has 0 saturated heterocycles. The van der Waals surface area contributed by atoms with Crippen molar-refractivity contribution in [2.45, 2.75) is 32.5 Å². The number of alkyl halides is 3. The molecule has 0 saturated carbocycles. The normalized spacial score (nSPS) is 12.3. The van der Waals surface area contributed by atoms with E-state index in [0.29, 0.717) is 25.1 Å². The van der Waals surface area contributed by atoms with Crippen molar-refractivity contribution >= 4 is 5.96 Å². The van der Waals surface area contributed by atoms with Crippen molar-refractivity contribution in [3.8, 4) is 0 Å². The molecular formula is C18H23F4N5. The van der Waals surface area contributed by atoms with Crippen LogP contribution in [0.2, 0.25) is 0 Å². The van der Waals surface area contributed by atoms with Gasteiger partial charge in [0.05, 0.1) is 18.3 Å². The highest BCUT2D eigenvalue weighted by Gasteiger charge is 2.33. The standard InChI is InChI=1S/C18H23F4N5/c1-3-23-17(24-8-4-5-13-10-26-27(2)12-13)25-11-14-6-7-15(19)9-16(14)18(20,21)22/h6-7,9-10,12H,3-5,8,11H2,1-2H3,(H2,23,24,25). The fourth-order valence-electron chi connectivity index (χ4n) is 2.56. The largest absolute Gasteiger partial charge is 0.416 e. The molecular weight excluding hydrogens is 362 g/mol. The van der Waals surface area contributed by atoms with Crippen molar-refractivity contribution in [3.63, 3.8) is 0 Å². The van der Waals surface area contributed by atoms with Gasteiger partial charge in [0.2, 0.25) is 0 Å². The molecule has 0 spiro atoms. The maximum absolute atomic E-state index is 13.2. The molecule has 0 fully saturated rings. The van der Waals surface area contributed by atoms with Crippen LogP contribution in [-0.2, 0) is 26.2 Å². The Balaban J connectivity index is 1.96. The summed E-state index contributed by atoms with van der Waals surface area (Å²) in [5, 5.41) is 10.2. The minimum atomic E-state index is -4.62. The molecule has 0 radical (unpaired) electrons. The number of aryl methyl sites for hydroxylation is 2. The van der Waals surface area contributed by atoms with Crippen molar-refractivity contribution in [1.29, 1.82) is 0 Å². The van der Waals surface area contributed by atoms with Gasteiger partial charge in [-0.25, -0.2) is 9.38 Å². The van der Waals surface area contributed by atoms with Crippen LogP contribution in [0, 0.1) is 5.82 Å². The maximum Gasteiger partial charge on any atom is 0.416 e. The first kappa shape index (κ1) is 20.7. The quantitative estimate of drug-likeness (QED) is 0.333. The summed E-state index contributed by atoms with van der Waals surface area (Å²) in [6, 6.07) is 2.63. The van der Waals surface area contributed by atoms with Gasteiger partial charge in [-0.1, -0.05) is 6.07 Å². The molecule has 0 bridgehead atoms. The van der Waals surface area contributed by atoms with Crippen LogP contribution in [-0.4, -0.2) is 28.8 Å². The highest BCUT2D eigenvalue weighted by molar-refractivity contribution is 5.79. The van der Waals surface area contributed by atoms with Crippen LogP contribution in [0.5, 0.6) is 0 Å². The third-order valence-corrected chi connectivity index (χ3v) is 3.82. The lowest BCUT2D eigenvalue weighted by molar-refractivity contribution is -0.138. The second kappa shape index (κ2) is 9.38. The number of aromatic nitrogens is 2. The summed E-state index contributed by atoms with van der Waals surface area (Å²) in [6.07, 6.45) is 0.762. The van der Waals surface area contributed by atoms with E-state index in [-0.39, 0.29) is 12.1 Å². The average molecular weight is 385 g/mol. The number of hydrogen-bond acceptors (Lipinski definition) is 2. The Morgan fingerprint density at radius 1 is 1.26 bits per heavy atom. The molecule has 5 nitrogen and oxygen atoms in total.